The van der Waals surface area contributed by atoms with Gasteiger partial charge < -0.3 is 19.3 Å². The Morgan fingerprint density at radius 2 is 1.87 bits per heavy atom. The molecule has 0 amide bonds. The minimum atomic E-state index is -1.46. The lowest BCUT2D eigenvalue weighted by molar-refractivity contribution is -0.153. The standard InChI is InChI=1S/C24H31FO5/c1-13-10-15(3)20-17(11-13)8-7-9-19-22(30-24(5,6)29-19)21(26)18(25)12-14(2)16(4)28-23(20)27/h7-8,10-12,14,16,19,21-22,26H,9H2,1-6H3/b8-7+,18-12+/t14-,16+,19+,21?,22+/m1/s1. The van der Waals surface area contributed by atoms with Crippen molar-refractivity contribution in [2.24, 2.45) is 5.92 Å². The zero-order valence-corrected chi connectivity index (χ0v) is 18.4. The molecule has 0 saturated carbocycles. The van der Waals surface area contributed by atoms with Crippen LogP contribution in [0.2, 0.25) is 0 Å². The maximum absolute atomic E-state index is 14.8. The van der Waals surface area contributed by atoms with Crippen molar-refractivity contribution in [1.82, 2.24) is 0 Å². The average molecular weight is 419 g/mol. The Bertz CT molecular complexity index is 873. The number of hydrogen-bond acceptors (Lipinski definition) is 5. The Morgan fingerprint density at radius 1 is 1.17 bits per heavy atom. The Kier molecular flexibility index (Phi) is 6.51. The molecule has 0 bridgehead atoms. The number of carbonyl (C=O) groups is 1. The normalized spacial score (nSPS) is 34.7. The number of rotatable bonds is 0. The van der Waals surface area contributed by atoms with Crippen LogP contribution in [-0.2, 0) is 14.2 Å². The van der Waals surface area contributed by atoms with E-state index < -0.39 is 47.9 Å². The van der Waals surface area contributed by atoms with Crippen LogP contribution in [0.3, 0.4) is 0 Å². The minimum absolute atomic E-state index is 0.395. The van der Waals surface area contributed by atoms with Crippen LogP contribution in [0.4, 0.5) is 4.39 Å². The molecule has 1 unspecified atom stereocenters. The van der Waals surface area contributed by atoms with Gasteiger partial charge in [0.2, 0.25) is 0 Å². The molecule has 1 saturated heterocycles. The van der Waals surface area contributed by atoms with Gasteiger partial charge in [-0.3, -0.25) is 0 Å². The molecule has 0 radical (unpaired) electrons. The fourth-order valence-corrected chi connectivity index (χ4v) is 4.03. The zero-order chi connectivity index (χ0) is 22.2. The second-order valence-corrected chi connectivity index (χ2v) is 8.79. The van der Waals surface area contributed by atoms with Crippen molar-refractivity contribution < 1.29 is 28.5 Å². The van der Waals surface area contributed by atoms with E-state index in [0.29, 0.717) is 12.0 Å². The van der Waals surface area contributed by atoms with Crippen LogP contribution in [0.1, 0.15) is 61.2 Å². The van der Waals surface area contributed by atoms with E-state index in [1.54, 1.807) is 27.7 Å². The van der Waals surface area contributed by atoms with Crippen molar-refractivity contribution in [2.45, 2.75) is 78.2 Å². The third-order valence-electron chi connectivity index (χ3n) is 5.65. The number of aryl methyl sites for hydroxylation is 2. The van der Waals surface area contributed by atoms with E-state index in [9.17, 15) is 14.3 Å². The van der Waals surface area contributed by atoms with Crippen LogP contribution >= 0.6 is 0 Å². The van der Waals surface area contributed by atoms with Crippen molar-refractivity contribution in [1.29, 1.82) is 0 Å². The molecule has 3 rings (SSSR count). The highest BCUT2D eigenvalue weighted by Gasteiger charge is 2.45. The topological polar surface area (TPSA) is 65.0 Å². The number of fused-ring (bicyclic) bond motifs is 2. The van der Waals surface area contributed by atoms with Crippen LogP contribution in [0.15, 0.2) is 30.1 Å². The first-order chi connectivity index (χ1) is 14.0. The van der Waals surface area contributed by atoms with Gasteiger partial charge in [0.1, 0.15) is 24.1 Å². The van der Waals surface area contributed by atoms with E-state index in [0.717, 1.165) is 16.7 Å². The largest absolute Gasteiger partial charge is 0.458 e. The molecule has 2 heterocycles. The quantitative estimate of drug-likeness (QED) is 0.622. The summed E-state index contributed by atoms with van der Waals surface area (Å²) in [5.41, 5.74) is 3.11. The van der Waals surface area contributed by atoms with Crippen LogP contribution in [0.25, 0.3) is 6.08 Å². The van der Waals surface area contributed by atoms with Crippen molar-refractivity contribution >= 4 is 12.0 Å². The highest BCUT2D eigenvalue weighted by molar-refractivity contribution is 5.95. The van der Waals surface area contributed by atoms with Gasteiger partial charge in [-0.25, -0.2) is 9.18 Å². The molecule has 0 aromatic heterocycles. The number of benzene rings is 1. The molecule has 5 atom stereocenters. The van der Waals surface area contributed by atoms with Gasteiger partial charge in [-0.05, 0) is 58.2 Å². The van der Waals surface area contributed by atoms with Gasteiger partial charge >= 0.3 is 5.97 Å². The number of aliphatic hydroxyl groups is 1. The number of carbonyl (C=O) groups excluding carboxylic acids is 1. The summed E-state index contributed by atoms with van der Waals surface area (Å²) >= 11 is 0. The molecule has 1 N–H and O–H groups in total. The third-order valence-corrected chi connectivity index (χ3v) is 5.65. The highest BCUT2D eigenvalue weighted by atomic mass is 19.1. The first-order valence-corrected chi connectivity index (χ1v) is 10.4. The summed E-state index contributed by atoms with van der Waals surface area (Å²) in [6, 6.07) is 3.87. The van der Waals surface area contributed by atoms with Crippen molar-refractivity contribution in [3.63, 3.8) is 0 Å². The predicted octanol–water partition coefficient (Wildman–Crippen LogP) is 4.64. The van der Waals surface area contributed by atoms with E-state index >= 15 is 0 Å². The number of hydrogen-bond donors (Lipinski definition) is 1. The molecule has 2 aliphatic rings. The van der Waals surface area contributed by atoms with Gasteiger partial charge in [0, 0.05) is 5.92 Å². The number of esters is 1. The molecular weight excluding hydrogens is 387 g/mol. The van der Waals surface area contributed by atoms with Crippen molar-refractivity contribution in [3.8, 4) is 0 Å². The van der Waals surface area contributed by atoms with E-state index in [-0.39, 0.29) is 0 Å². The zero-order valence-electron chi connectivity index (χ0n) is 18.4. The highest BCUT2D eigenvalue weighted by Crippen LogP contribution is 2.35. The summed E-state index contributed by atoms with van der Waals surface area (Å²) in [7, 11) is 0. The molecule has 164 valence electrons. The second-order valence-electron chi connectivity index (χ2n) is 8.79. The van der Waals surface area contributed by atoms with Crippen molar-refractivity contribution in [3.05, 3.63) is 52.4 Å². The van der Waals surface area contributed by atoms with Crippen molar-refractivity contribution in [2.75, 3.05) is 0 Å². The number of ether oxygens (including phenoxy) is 3. The molecule has 0 aliphatic carbocycles. The third kappa shape index (κ3) is 4.82. The maximum Gasteiger partial charge on any atom is 0.339 e. The Balaban J connectivity index is 2.06. The second kappa shape index (κ2) is 8.61. The van der Waals surface area contributed by atoms with E-state index in [1.807, 2.05) is 38.1 Å². The van der Waals surface area contributed by atoms with E-state index in [2.05, 4.69) is 0 Å². The summed E-state index contributed by atoms with van der Waals surface area (Å²) in [4.78, 5) is 12.9. The molecule has 1 aromatic carbocycles. The maximum atomic E-state index is 14.8. The molecule has 6 heteroatoms. The summed E-state index contributed by atoms with van der Waals surface area (Å²) in [5, 5.41) is 10.6. The molecule has 2 aliphatic heterocycles. The first kappa shape index (κ1) is 22.7. The Hall–Kier alpha value is -2.02. The first-order valence-electron chi connectivity index (χ1n) is 10.4. The molecule has 1 fully saturated rings. The molecule has 30 heavy (non-hydrogen) atoms. The van der Waals surface area contributed by atoms with E-state index in [4.69, 9.17) is 14.2 Å². The monoisotopic (exact) mass is 418 g/mol. The van der Waals surface area contributed by atoms with Gasteiger partial charge in [-0.2, -0.15) is 0 Å². The van der Waals surface area contributed by atoms with Gasteiger partial charge in [-0.1, -0.05) is 36.8 Å². The fourth-order valence-electron chi connectivity index (χ4n) is 4.03. The summed E-state index contributed by atoms with van der Waals surface area (Å²) in [6.45, 7) is 10.8. The SMILES string of the molecule is Cc1cc(C)c2c(c1)/C=C/C[C@@H]1OC(C)(C)O[C@@H]1C(O)/C(F)=C\[C@@H](C)[C@H](C)OC2=O. The van der Waals surface area contributed by atoms with E-state index in [1.165, 1.54) is 6.08 Å². The number of halogens is 1. The van der Waals surface area contributed by atoms with Gasteiger partial charge in [0.15, 0.2) is 5.79 Å². The van der Waals surface area contributed by atoms with Crippen LogP contribution in [0.5, 0.6) is 0 Å². The predicted molar refractivity (Wildman–Crippen MR) is 113 cm³/mol. The minimum Gasteiger partial charge on any atom is -0.458 e. The Labute approximate surface area is 177 Å². The molecule has 5 nitrogen and oxygen atoms in total. The number of aliphatic hydroxyl groups excluding tert-OH is 1. The fraction of sp³-hybridized carbons (Fsp3) is 0.542. The van der Waals surface area contributed by atoms with Crippen LogP contribution in [-0.4, -0.2) is 41.3 Å². The molecular formula is C24H31FO5. The Morgan fingerprint density at radius 3 is 2.57 bits per heavy atom. The lowest BCUT2D eigenvalue weighted by atomic mass is 9.96. The summed E-state index contributed by atoms with van der Waals surface area (Å²) in [5.74, 6) is -2.53. The lowest BCUT2D eigenvalue weighted by Crippen LogP contribution is -2.36. The van der Waals surface area contributed by atoms with Crippen LogP contribution in [0, 0.1) is 19.8 Å². The average Bonchev–Trinajstić information content (AvgIpc) is 2.94. The van der Waals surface area contributed by atoms with Gasteiger partial charge in [0.05, 0.1) is 11.7 Å². The van der Waals surface area contributed by atoms with Gasteiger partial charge in [-0.15, -0.1) is 0 Å². The smallest absolute Gasteiger partial charge is 0.339 e. The van der Waals surface area contributed by atoms with Gasteiger partial charge in [0.25, 0.3) is 0 Å². The summed E-state index contributed by atoms with van der Waals surface area (Å²) in [6.07, 6.45) is 1.99. The molecule has 1 aromatic rings. The van der Waals surface area contributed by atoms with Crippen LogP contribution < -0.4 is 0 Å². The number of cyclic esters (lactones) is 1. The summed E-state index contributed by atoms with van der Waals surface area (Å²) < 4.78 is 32.2. The molecule has 0 spiro atoms. The lowest BCUT2D eigenvalue weighted by Gasteiger charge is -2.23.